The fourth-order valence-corrected chi connectivity index (χ4v) is 2.38. The monoisotopic (exact) mass is 373 g/mol. The molecule has 0 aromatic heterocycles. The van der Waals surface area contributed by atoms with Crippen molar-refractivity contribution in [2.24, 2.45) is 0 Å². The molecule has 0 aliphatic heterocycles. The van der Waals surface area contributed by atoms with Crippen molar-refractivity contribution in [1.29, 1.82) is 0 Å². The van der Waals surface area contributed by atoms with Crippen molar-refractivity contribution in [3.63, 3.8) is 0 Å². The highest BCUT2D eigenvalue weighted by Crippen LogP contribution is 2.28. The molecular formula is C20H23NO6. The third-order valence-corrected chi connectivity index (χ3v) is 3.79. The lowest BCUT2D eigenvalue weighted by Gasteiger charge is -2.10. The predicted molar refractivity (Wildman–Crippen MR) is 100 cm³/mol. The van der Waals surface area contributed by atoms with E-state index < -0.39 is 5.97 Å². The fourth-order valence-electron chi connectivity index (χ4n) is 2.38. The van der Waals surface area contributed by atoms with Crippen LogP contribution in [0, 0.1) is 0 Å². The summed E-state index contributed by atoms with van der Waals surface area (Å²) in [5.74, 6) is 1.15. The fraction of sp³-hybridized carbons (Fsp3) is 0.300. The highest BCUT2D eigenvalue weighted by Gasteiger charge is 2.08. The number of ether oxygens (including phenoxy) is 4. The smallest absolute Gasteiger partial charge is 0.343 e. The molecule has 2 aromatic rings. The topological polar surface area (TPSA) is 83.1 Å². The zero-order chi connectivity index (χ0) is 19.6. The molecule has 2 rings (SSSR count). The average Bonchev–Trinajstić information content (AvgIpc) is 2.70. The highest BCUT2D eigenvalue weighted by atomic mass is 16.6. The molecule has 27 heavy (non-hydrogen) atoms. The lowest BCUT2D eigenvalue weighted by Crippen LogP contribution is -2.14. The number of anilines is 1. The van der Waals surface area contributed by atoms with E-state index in [0.29, 0.717) is 35.8 Å². The molecule has 0 atom stereocenters. The summed E-state index contributed by atoms with van der Waals surface area (Å²) in [7, 11) is 4.44. The van der Waals surface area contributed by atoms with Crippen molar-refractivity contribution >= 4 is 17.6 Å². The molecule has 1 amide bonds. The van der Waals surface area contributed by atoms with Crippen LogP contribution in [0.2, 0.25) is 0 Å². The first kappa shape index (κ1) is 20.1. The first-order chi connectivity index (χ1) is 13.0. The van der Waals surface area contributed by atoms with Crippen LogP contribution in [0.4, 0.5) is 5.69 Å². The molecule has 0 saturated carbocycles. The number of aryl methyl sites for hydroxylation is 1. The van der Waals surface area contributed by atoms with Gasteiger partial charge in [0.25, 0.3) is 0 Å². The Kier molecular flexibility index (Phi) is 7.49. The van der Waals surface area contributed by atoms with Crippen LogP contribution in [0.1, 0.15) is 12.0 Å². The number of esters is 1. The molecule has 0 fully saturated rings. The van der Waals surface area contributed by atoms with Gasteiger partial charge in [0.2, 0.25) is 5.91 Å². The molecule has 0 bridgehead atoms. The van der Waals surface area contributed by atoms with E-state index in [1.165, 1.54) is 7.11 Å². The number of hydrogen-bond acceptors (Lipinski definition) is 6. The summed E-state index contributed by atoms with van der Waals surface area (Å²) in [6.45, 7) is -0.187. The first-order valence-corrected chi connectivity index (χ1v) is 8.36. The van der Waals surface area contributed by atoms with Gasteiger partial charge >= 0.3 is 5.97 Å². The van der Waals surface area contributed by atoms with E-state index in [2.05, 4.69) is 10.1 Å². The van der Waals surface area contributed by atoms with Crippen molar-refractivity contribution in [1.82, 2.24) is 0 Å². The van der Waals surface area contributed by atoms with Gasteiger partial charge in [0.05, 0.1) is 21.3 Å². The Morgan fingerprint density at radius 2 is 1.74 bits per heavy atom. The Hall–Kier alpha value is -3.22. The maximum Gasteiger partial charge on any atom is 0.343 e. The summed E-state index contributed by atoms with van der Waals surface area (Å²) in [5, 5.41) is 2.81. The summed E-state index contributed by atoms with van der Waals surface area (Å²) in [4.78, 5) is 23.3. The number of rotatable bonds is 9. The lowest BCUT2D eigenvalue weighted by atomic mass is 10.1. The number of carbonyl (C=O) groups excluding carboxylic acids is 2. The van der Waals surface area contributed by atoms with Gasteiger partial charge in [-0.1, -0.05) is 12.1 Å². The van der Waals surface area contributed by atoms with Crippen LogP contribution < -0.4 is 19.5 Å². The zero-order valence-electron chi connectivity index (χ0n) is 15.6. The van der Waals surface area contributed by atoms with Gasteiger partial charge in [0.1, 0.15) is 5.75 Å². The number of carbonyl (C=O) groups is 2. The van der Waals surface area contributed by atoms with Gasteiger partial charge in [-0.05, 0) is 36.2 Å². The van der Waals surface area contributed by atoms with Gasteiger partial charge in [-0.3, -0.25) is 4.79 Å². The molecule has 0 aliphatic rings. The molecule has 0 saturated heterocycles. The minimum Gasteiger partial charge on any atom is -0.493 e. The van der Waals surface area contributed by atoms with E-state index in [4.69, 9.17) is 14.2 Å². The van der Waals surface area contributed by atoms with Gasteiger partial charge in [0.15, 0.2) is 18.1 Å². The van der Waals surface area contributed by atoms with Crippen LogP contribution in [0.15, 0.2) is 42.5 Å². The molecular weight excluding hydrogens is 350 g/mol. The van der Waals surface area contributed by atoms with E-state index in [9.17, 15) is 9.59 Å². The number of amides is 1. The van der Waals surface area contributed by atoms with E-state index in [0.717, 1.165) is 5.56 Å². The van der Waals surface area contributed by atoms with E-state index >= 15 is 0 Å². The Morgan fingerprint density at radius 1 is 0.963 bits per heavy atom. The van der Waals surface area contributed by atoms with Crippen molar-refractivity contribution in [3.05, 3.63) is 48.0 Å². The molecule has 7 nitrogen and oxygen atoms in total. The minimum absolute atomic E-state index is 0.130. The second-order valence-corrected chi connectivity index (χ2v) is 5.63. The number of benzene rings is 2. The largest absolute Gasteiger partial charge is 0.493 e. The summed E-state index contributed by atoms with van der Waals surface area (Å²) in [6.07, 6.45) is 0.868. The molecule has 0 spiro atoms. The van der Waals surface area contributed by atoms with Crippen LogP contribution in [0.3, 0.4) is 0 Å². The predicted octanol–water partition coefficient (Wildman–Crippen LogP) is 2.83. The van der Waals surface area contributed by atoms with E-state index in [1.54, 1.807) is 38.5 Å². The Morgan fingerprint density at radius 3 is 2.44 bits per heavy atom. The lowest BCUT2D eigenvalue weighted by molar-refractivity contribution is -0.142. The zero-order valence-corrected chi connectivity index (χ0v) is 15.6. The average molecular weight is 373 g/mol. The van der Waals surface area contributed by atoms with Crippen LogP contribution in [0.5, 0.6) is 17.2 Å². The normalized spacial score (nSPS) is 10.0. The van der Waals surface area contributed by atoms with Crippen LogP contribution in [-0.2, 0) is 20.7 Å². The van der Waals surface area contributed by atoms with Crippen molar-refractivity contribution in [2.75, 3.05) is 33.3 Å². The number of nitrogens with one attached hydrogen (secondary N) is 1. The highest BCUT2D eigenvalue weighted by molar-refractivity contribution is 5.91. The van der Waals surface area contributed by atoms with Crippen LogP contribution in [-0.4, -0.2) is 39.8 Å². The Bertz CT molecular complexity index is 790. The molecule has 0 unspecified atom stereocenters. The minimum atomic E-state index is -0.473. The molecule has 2 aromatic carbocycles. The SMILES string of the molecule is COC(=O)COc1cccc(NC(=O)CCc2ccc(OC)c(OC)c2)c1. The summed E-state index contributed by atoms with van der Waals surface area (Å²) < 4.78 is 20.3. The molecule has 0 aliphatic carbocycles. The summed E-state index contributed by atoms with van der Waals surface area (Å²) in [5.41, 5.74) is 1.56. The number of hydrogen-bond donors (Lipinski definition) is 1. The Balaban J connectivity index is 1.89. The molecule has 0 radical (unpaired) electrons. The van der Waals surface area contributed by atoms with Crippen molar-refractivity contribution in [3.8, 4) is 17.2 Å². The van der Waals surface area contributed by atoms with E-state index in [1.807, 2.05) is 18.2 Å². The molecule has 144 valence electrons. The molecule has 0 heterocycles. The molecule has 7 heteroatoms. The third kappa shape index (κ3) is 6.22. The standard InChI is InChI=1S/C20H23NO6/c1-24-17-9-7-14(11-18(17)25-2)8-10-19(22)21-15-5-4-6-16(12-15)27-13-20(23)26-3/h4-7,9,11-12H,8,10,13H2,1-3H3,(H,21,22). The first-order valence-electron chi connectivity index (χ1n) is 8.36. The van der Waals surface area contributed by atoms with Crippen LogP contribution in [0.25, 0.3) is 0 Å². The quantitative estimate of drug-likeness (QED) is 0.681. The van der Waals surface area contributed by atoms with Gasteiger partial charge in [-0.25, -0.2) is 4.79 Å². The number of methoxy groups -OCH3 is 3. The maximum absolute atomic E-state index is 12.2. The second-order valence-electron chi connectivity index (χ2n) is 5.63. The summed E-state index contributed by atoms with van der Waals surface area (Å²) in [6, 6.07) is 12.4. The van der Waals surface area contributed by atoms with Crippen molar-refractivity contribution < 1.29 is 28.5 Å². The van der Waals surface area contributed by atoms with Gasteiger partial charge in [0, 0.05) is 18.2 Å². The maximum atomic E-state index is 12.2. The van der Waals surface area contributed by atoms with Crippen molar-refractivity contribution in [2.45, 2.75) is 12.8 Å². The Labute approximate surface area is 158 Å². The van der Waals surface area contributed by atoms with Crippen LogP contribution >= 0.6 is 0 Å². The van der Waals surface area contributed by atoms with Gasteiger partial charge < -0.3 is 24.3 Å². The van der Waals surface area contributed by atoms with E-state index in [-0.39, 0.29) is 12.5 Å². The summed E-state index contributed by atoms with van der Waals surface area (Å²) >= 11 is 0. The molecule has 1 N–H and O–H groups in total. The van der Waals surface area contributed by atoms with Gasteiger partial charge in [-0.15, -0.1) is 0 Å². The second kappa shape index (κ2) is 10.1. The van der Waals surface area contributed by atoms with Gasteiger partial charge in [-0.2, -0.15) is 0 Å². The third-order valence-electron chi connectivity index (χ3n) is 3.79.